The number of sulfone groups is 1. The molecule has 5 nitrogen and oxygen atoms in total. The zero-order valence-electron chi connectivity index (χ0n) is 14.8. The standard InChI is InChI=1S/C18H31N3O2S/c1-2-19-17(21-16-3-4-24(22,23)11-16)20-12-18-8-13-5-14(9-18)7-15(6-13)10-18/h13-16H,2-12H2,1H3,(H2,19,20,21). The molecular weight excluding hydrogens is 322 g/mol. The molecule has 1 aliphatic heterocycles. The van der Waals surface area contributed by atoms with Crippen molar-refractivity contribution in [3.8, 4) is 0 Å². The van der Waals surface area contributed by atoms with Crippen LogP contribution in [0.25, 0.3) is 0 Å². The van der Waals surface area contributed by atoms with Gasteiger partial charge in [0.1, 0.15) is 0 Å². The van der Waals surface area contributed by atoms with Crippen LogP contribution in [0, 0.1) is 23.2 Å². The molecular formula is C18H31N3O2S. The van der Waals surface area contributed by atoms with E-state index in [4.69, 9.17) is 4.99 Å². The third-order valence-corrected chi connectivity index (χ3v) is 8.42. The number of aliphatic imine (C=N–C) groups is 1. The van der Waals surface area contributed by atoms with Crippen molar-refractivity contribution in [2.45, 2.75) is 57.9 Å². The number of guanidine groups is 1. The molecule has 0 spiro atoms. The molecule has 0 amide bonds. The van der Waals surface area contributed by atoms with Crippen LogP contribution in [0.4, 0.5) is 0 Å². The zero-order chi connectivity index (χ0) is 16.8. The monoisotopic (exact) mass is 353 g/mol. The van der Waals surface area contributed by atoms with Gasteiger partial charge in [-0.2, -0.15) is 0 Å². The van der Waals surface area contributed by atoms with Crippen molar-refractivity contribution in [1.29, 1.82) is 0 Å². The molecule has 6 heteroatoms. The third-order valence-electron chi connectivity index (χ3n) is 6.66. The van der Waals surface area contributed by atoms with Gasteiger partial charge in [0.05, 0.1) is 11.5 Å². The minimum absolute atomic E-state index is 0.0177. The first kappa shape index (κ1) is 16.7. The lowest BCUT2D eigenvalue weighted by atomic mass is 9.49. The molecule has 4 saturated carbocycles. The molecule has 136 valence electrons. The van der Waals surface area contributed by atoms with Gasteiger partial charge in [-0.25, -0.2) is 8.42 Å². The predicted octanol–water partition coefficient (Wildman–Crippen LogP) is 1.95. The van der Waals surface area contributed by atoms with E-state index in [0.29, 0.717) is 17.6 Å². The Morgan fingerprint density at radius 1 is 1.12 bits per heavy atom. The molecule has 0 radical (unpaired) electrons. The summed E-state index contributed by atoms with van der Waals surface area (Å²) < 4.78 is 23.3. The van der Waals surface area contributed by atoms with Crippen LogP contribution >= 0.6 is 0 Å². The molecule has 0 aromatic carbocycles. The van der Waals surface area contributed by atoms with Crippen molar-refractivity contribution < 1.29 is 8.42 Å². The van der Waals surface area contributed by atoms with E-state index >= 15 is 0 Å². The van der Waals surface area contributed by atoms with Crippen LogP contribution in [0.3, 0.4) is 0 Å². The van der Waals surface area contributed by atoms with Gasteiger partial charge in [0.25, 0.3) is 0 Å². The van der Waals surface area contributed by atoms with Gasteiger partial charge >= 0.3 is 0 Å². The van der Waals surface area contributed by atoms with Crippen molar-refractivity contribution >= 4 is 15.8 Å². The molecule has 5 fully saturated rings. The Bertz CT molecular complexity index is 578. The summed E-state index contributed by atoms with van der Waals surface area (Å²) in [6.45, 7) is 3.78. The lowest BCUT2D eigenvalue weighted by Crippen LogP contribution is -2.49. The second kappa shape index (κ2) is 6.19. The quantitative estimate of drug-likeness (QED) is 0.599. The van der Waals surface area contributed by atoms with Gasteiger partial charge < -0.3 is 10.6 Å². The summed E-state index contributed by atoms with van der Waals surface area (Å²) in [6.07, 6.45) is 9.16. The first-order valence-electron chi connectivity index (χ1n) is 9.70. The number of hydrogen-bond donors (Lipinski definition) is 2. The highest BCUT2D eigenvalue weighted by Gasteiger charge is 2.50. The second-order valence-electron chi connectivity index (χ2n) is 8.86. The molecule has 24 heavy (non-hydrogen) atoms. The van der Waals surface area contributed by atoms with Crippen LogP contribution in [0.5, 0.6) is 0 Å². The predicted molar refractivity (Wildman–Crippen MR) is 96.8 cm³/mol. The van der Waals surface area contributed by atoms with E-state index in [0.717, 1.165) is 36.8 Å². The van der Waals surface area contributed by atoms with E-state index in [1.54, 1.807) is 0 Å². The van der Waals surface area contributed by atoms with Crippen molar-refractivity contribution in [2.24, 2.45) is 28.2 Å². The molecule has 2 N–H and O–H groups in total. The largest absolute Gasteiger partial charge is 0.357 e. The maximum absolute atomic E-state index is 11.7. The zero-order valence-corrected chi connectivity index (χ0v) is 15.6. The summed E-state index contributed by atoms with van der Waals surface area (Å²) in [4.78, 5) is 4.91. The molecule has 1 saturated heterocycles. The number of hydrogen-bond acceptors (Lipinski definition) is 3. The van der Waals surface area contributed by atoms with Gasteiger partial charge in [0, 0.05) is 19.1 Å². The van der Waals surface area contributed by atoms with Crippen LogP contribution in [-0.4, -0.2) is 45.0 Å². The lowest BCUT2D eigenvalue weighted by molar-refractivity contribution is -0.0465. The maximum atomic E-state index is 11.7. The number of nitrogens with zero attached hydrogens (tertiary/aromatic N) is 1. The van der Waals surface area contributed by atoms with Crippen LogP contribution < -0.4 is 10.6 Å². The first-order valence-corrected chi connectivity index (χ1v) is 11.5. The number of nitrogens with one attached hydrogen (secondary N) is 2. The fourth-order valence-corrected chi connectivity index (χ4v) is 7.83. The minimum Gasteiger partial charge on any atom is -0.357 e. The Kier molecular flexibility index (Phi) is 4.30. The smallest absolute Gasteiger partial charge is 0.191 e. The number of rotatable bonds is 4. The highest BCUT2D eigenvalue weighted by atomic mass is 32.2. The Labute approximate surface area is 146 Å². The average molecular weight is 354 g/mol. The molecule has 5 rings (SSSR count). The van der Waals surface area contributed by atoms with Crippen molar-refractivity contribution in [3.63, 3.8) is 0 Å². The van der Waals surface area contributed by atoms with Crippen molar-refractivity contribution in [1.82, 2.24) is 10.6 Å². The van der Waals surface area contributed by atoms with E-state index in [1.165, 1.54) is 38.5 Å². The Morgan fingerprint density at radius 3 is 2.25 bits per heavy atom. The Morgan fingerprint density at radius 2 is 1.75 bits per heavy atom. The van der Waals surface area contributed by atoms with E-state index in [9.17, 15) is 8.42 Å². The molecule has 0 aromatic rings. The van der Waals surface area contributed by atoms with Crippen molar-refractivity contribution in [3.05, 3.63) is 0 Å². The van der Waals surface area contributed by atoms with E-state index < -0.39 is 9.84 Å². The molecule has 5 aliphatic rings. The summed E-state index contributed by atoms with van der Waals surface area (Å²) in [5.41, 5.74) is 0.429. The highest BCUT2D eigenvalue weighted by molar-refractivity contribution is 7.91. The van der Waals surface area contributed by atoms with Crippen LogP contribution in [0.15, 0.2) is 4.99 Å². The Balaban J connectivity index is 1.42. The van der Waals surface area contributed by atoms with Gasteiger partial charge in [-0.3, -0.25) is 4.99 Å². The molecule has 1 atom stereocenters. The van der Waals surface area contributed by atoms with Crippen molar-refractivity contribution in [2.75, 3.05) is 24.6 Å². The summed E-state index contributed by atoms with van der Waals surface area (Å²) in [7, 11) is -2.85. The average Bonchev–Trinajstić information content (AvgIpc) is 2.83. The van der Waals surface area contributed by atoms with E-state index in [2.05, 4.69) is 17.6 Å². The fraction of sp³-hybridized carbons (Fsp3) is 0.944. The van der Waals surface area contributed by atoms with Crippen LogP contribution in [0.1, 0.15) is 51.9 Å². The maximum Gasteiger partial charge on any atom is 0.191 e. The second-order valence-corrected chi connectivity index (χ2v) is 11.1. The third kappa shape index (κ3) is 3.44. The van der Waals surface area contributed by atoms with Crippen LogP contribution in [-0.2, 0) is 9.84 Å². The normalized spacial score (nSPS) is 43.1. The van der Waals surface area contributed by atoms with Gasteiger partial charge in [0.15, 0.2) is 15.8 Å². The minimum atomic E-state index is -2.85. The molecule has 1 heterocycles. The summed E-state index contributed by atoms with van der Waals surface area (Å²) >= 11 is 0. The van der Waals surface area contributed by atoms with Gasteiger partial charge in [0.2, 0.25) is 0 Å². The molecule has 0 aromatic heterocycles. The highest BCUT2D eigenvalue weighted by Crippen LogP contribution is 2.60. The molecule has 4 bridgehead atoms. The molecule has 4 aliphatic carbocycles. The SMILES string of the molecule is CCNC(=NCC12CC3CC(CC(C3)C1)C2)NC1CCS(=O)(=O)C1. The summed E-state index contributed by atoms with van der Waals surface area (Å²) in [5.74, 6) is 4.20. The summed E-state index contributed by atoms with van der Waals surface area (Å²) in [6, 6.07) is 0.0177. The van der Waals surface area contributed by atoms with Crippen LogP contribution in [0.2, 0.25) is 0 Å². The fourth-order valence-electron chi connectivity index (χ4n) is 6.15. The Hall–Kier alpha value is -0.780. The topological polar surface area (TPSA) is 70.6 Å². The van der Waals surface area contributed by atoms with Gasteiger partial charge in [-0.05, 0) is 75.0 Å². The van der Waals surface area contributed by atoms with Gasteiger partial charge in [-0.15, -0.1) is 0 Å². The first-order chi connectivity index (χ1) is 11.5. The van der Waals surface area contributed by atoms with E-state index in [1.807, 2.05) is 0 Å². The molecule has 1 unspecified atom stereocenters. The van der Waals surface area contributed by atoms with Gasteiger partial charge in [-0.1, -0.05) is 0 Å². The lowest BCUT2D eigenvalue weighted by Gasteiger charge is -2.56. The summed E-state index contributed by atoms with van der Waals surface area (Å²) in [5, 5.41) is 6.68. The van der Waals surface area contributed by atoms with E-state index in [-0.39, 0.29) is 11.8 Å².